The van der Waals surface area contributed by atoms with Crippen molar-refractivity contribution in [1.82, 2.24) is 4.90 Å². The quantitative estimate of drug-likeness (QED) is 0.939. The highest BCUT2D eigenvalue weighted by Crippen LogP contribution is 2.27. The zero-order valence-corrected chi connectivity index (χ0v) is 11.9. The lowest BCUT2D eigenvalue weighted by atomic mass is 10.3. The molecule has 0 spiro atoms. The molecular weight excluding hydrogens is 305 g/mol. The summed E-state index contributed by atoms with van der Waals surface area (Å²) in [5.74, 6) is -0.428. The molecule has 0 aromatic carbocycles. The van der Waals surface area contributed by atoms with Crippen molar-refractivity contribution in [3.63, 3.8) is 0 Å². The Balaban J connectivity index is 2.23. The Morgan fingerprint density at radius 2 is 2.19 bits per heavy atom. The zero-order chi connectivity index (χ0) is 15.6. The first-order valence-electron chi connectivity index (χ1n) is 6.00. The van der Waals surface area contributed by atoms with Crippen molar-refractivity contribution in [1.29, 1.82) is 0 Å². The third-order valence-corrected chi connectivity index (χ3v) is 3.81. The highest BCUT2D eigenvalue weighted by Gasteiger charge is 2.34. The number of anilines is 1. The number of hydrogen-bond acceptors (Lipinski definition) is 4. The van der Waals surface area contributed by atoms with Crippen LogP contribution in [0, 0.1) is 6.92 Å². The van der Waals surface area contributed by atoms with E-state index in [1.54, 1.807) is 13.0 Å². The van der Waals surface area contributed by atoms with E-state index in [-0.39, 0.29) is 17.2 Å². The van der Waals surface area contributed by atoms with Crippen LogP contribution in [0.5, 0.6) is 0 Å². The monoisotopic (exact) mass is 318 g/mol. The van der Waals surface area contributed by atoms with Gasteiger partial charge >= 0.3 is 6.18 Å². The first-order valence-corrected chi connectivity index (χ1v) is 6.82. The molecule has 4 nitrogen and oxygen atoms in total. The summed E-state index contributed by atoms with van der Waals surface area (Å²) in [7, 11) is 0. The van der Waals surface area contributed by atoms with Crippen LogP contribution in [-0.4, -0.2) is 23.5 Å². The minimum Gasteiger partial charge on any atom is -0.467 e. The third kappa shape index (κ3) is 4.01. The molecule has 0 unspecified atom stereocenters. The number of nitrogens with zero attached hydrogens (tertiary/aromatic N) is 1. The Hall–Kier alpha value is -1.96. The normalized spacial score (nSPS) is 11.6. The maximum Gasteiger partial charge on any atom is 0.406 e. The van der Waals surface area contributed by atoms with Crippen LogP contribution in [0.1, 0.15) is 20.3 Å². The number of alkyl halides is 3. The van der Waals surface area contributed by atoms with E-state index in [2.05, 4.69) is 0 Å². The molecule has 2 aromatic rings. The van der Waals surface area contributed by atoms with Gasteiger partial charge in [-0.15, -0.1) is 11.3 Å². The fraction of sp³-hybridized carbons (Fsp3) is 0.308. The van der Waals surface area contributed by atoms with Crippen molar-refractivity contribution >= 4 is 22.9 Å². The molecule has 2 N–H and O–H groups in total. The number of rotatable bonds is 4. The van der Waals surface area contributed by atoms with Gasteiger partial charge in [0, 0.05) is 10.6 Å². The summed E-state index contributed by atoms with van der Waals surface area (Å²) in [6.45, 7) is 0.114. The van der Waals surface area contributed by atoms with E-state index in [1.165, 1.54) is 18.4 Å². The maximum absolute atomic E-state index is 12.6. The summed E-state index contributed by atoms with van der Waals surface area (Å²) >= 11 is 1.08. The Morgan fingerprint density at radius 3 is 2.67 bits per heavy atom. The molecule has 0 saturated heterocycles. The Bertz CT molecular complexity index is 600. The van der Waals surface area contributed by atoms with Gasteiger partial charge in [0.05, 0.1) is 17.7 Å². The van der Waals surface area contributed by atoms with Crippen molar-refractivity contribution in [2.45, 2.75) is 19.6 Å². The van der Waals surface area contributed by atoms with E-state index in [0.29, 0.717) is 15.5 Å². The lowest BCUT2D eigenvalue weighted by molar-refractivity contribution is -0.142. The van der Waals surface area contributed by atoms with Gasteiger partial charge < -0.3 is 15.1 Å². The number of carbonyl (C=O) groups excluding carboxylic acids is 1. The van der Waals surface area contributed by atoms with Crippen molar-refractivity contribution < 1.29 is 22.4 Å². The number of furan rings is 1. The SMILES string of the molecule is Cc1sc(C(=O)N(Cc2ccco2)CC(F)(F)F)cc1N. The summed E-state index contributed by atoms with van der Waals surface area (Å²) in [6.07, 6.45) is -3.14. The molecule has 8 heteroatoms. The Kier molecular flexibility index (Phi) is 4.26. The average Bonchev–Trinajstić information content (AvgIpc) is 2.97. The van der Waals surface area contributed by atoms with Crippen LogP contribution in [0.25, 0.3) is 0 Å². The molecular formula is C13H13F3N2O2S. The summed E-state index contributed by atoms with van der Waals surface area (Å²) in [5.41, 5.74) is 6.04. The lowest BCUT2D eigenvalue weighted by Gasteiger charge is -2.22. The van der Waals surface area contributed by atoms with Gasteiger partial charge in [0.2, 0.25) is 0 Å². The van der Waals surface area contributed by atoms with Gasteiger partial charge in [-0.1, -0.05) is 0 Å². The molecule has 0 fully saturated rings. The molecule has 0 aliphatic carbocycles. The first-order chi connectivity index (χ1) is 9.76. The maximum atomic E-state index is 12.6. The highest BCUT2D eigenvalue weighted by atomic mass is 32.1. The summed E-state index contributed by atoms with van der Waals surface area (Å²) in [5, 5.41) is 0. The molecule has 21 heavy (non-hydrogen) atoms. The highest BCUT2D eigenvalue weighted by molar-refractivity contribution is 7.14. The molecule has 0 bridgehead atoms. The number of aryl methyl sites for hydroxylation is 1. The van der Waals surface area contributed by atoms with Crippen molar-refractivity contribution in [3.8, 4) is 0 Å². The van der Waals surface area contributed by atoms with Crippen LogP contribution in [0.15, 0.2) is 28.9 Å². The number of amides is 1. The van der Waals surface area contributed by atoms with Crippen LogP contribution in [0.2, 0.25) is 0 Å². The first kappa shape index (κ1) is 15.4. The van der Waals surface area contributed by atoms with E-state index in [9.17, 15) is 18.0 Å². The van der Waals surface area contributed by atoms with Gasteiger partial charge in [-0.05, 0) is 25.1 Å². The van der Waals surface area contributed by atoms with Crippen LogP contribution < -0.4 is 5.73 Å². The van der Waals surface area contributed by atoms with E-state index in [4.69, 9.17) is 10.2 Å². The topological polar surface area (TPSA) is 59.5 Å². The number of thiophene rings is 1. The molecule has 0 aliphatic rings. The lowest BCUT2D eigenvalue weighted by Crippen LogP contribution is -2.38. The number of hydrogen-bond donors (Lipinski definition) is 1. The van der Waals surface area contributed by atoms with Crippen molar-refractivity contribution in [3.05, 3.63) is 40.0 Å². The fourth-order valence-corrected chi connectivity index (χ4v) is 2.67. The van der Waals surface area contributed by atoms with Crippen LogP contribution in [0.4, 0.5) is 18.9 Å². The van der Waals surface area contributed by atoms with Crippen LogP contribution >= 0.6 is 11.3 Å². The molecule has 114 valence electrons. The molecule has 0 aliphatic heterocycles. The summed E-state index contributed by atoms with van der Waals surface area (Å²) in [4.78, 5) is 13.8. The average molecular weight is 318 g/mol. The van der Waals surface area contributed by atoms with Gasteiger partial charge in [-0.2, -0.15) is 13.2 Å². The summed E-state index contributed by atoms with van der Waals surface area (Å²) in [6, 6.07) is 4.47. The van der Waals surface area contributed by atoms with E-state index in [1.807, 2.05) is 0 Å². The number of carbonyl (C=O) groups is 1. The summed E-state index contributed by atoms with van der Waals surface area (Å²) < 4.78 is 43.0. The van der Waals surface area contributed by atoms with Gasteiger partial charge in [0.15, 0.2) is 0 Å². The third-order valence-electron chi connectivity index (χ3n) is 2.75. The van der Waals surface area contributed by atoms with Gasteiger partial charge in [-0.25, -0.2) is 0 Å². The van der Waals surface area contributed by atoms with E-state index in [0.717, 1.165) is 11.3 Å². The second kappa shape index (κ2) is 5.80. The standard InChI is InChI=1S/C13H13F3N2O2S/c1-8-10(17)5-11(21-8)12(19)18(7-13(14,15)16)6-9-3-2-4-20-9/h2-5H,6-7,17H2,1H3. The van der Waals surface area contributed by atoms with Crippen molar-refractivity contribution in [2.24, 2.45) is 0 Å². The molecule has 1 amide bonds. The zero-order valence-electron chi connectivity index (χ0n) is 11.1. The largest absolute Gasteiger partial charge is 0.467 e. The van der Waals surface area contributed by atoms with Gasteiger partial charge in [0.1, 0.15) is 12.3 Å². The van der Waals surface area contributed by atoms with Crippen LogP contribution in [-0.2, 0) is 6.54 Å². The van der Waals surface area contributed by atoms with Gasteiger partial charge in [0.25, 0.3) is 5.91 Å². The molecule has 0 saturated carbocycles. The molecule has 2 heterocycles. The van der Waals surface area contributed by atoms with Crippen molar-refractivity contribution in [2.75, 3.05) is 12.3 Å². The smallest absolute Gasteiger partial charge is 0.406 e. The van der Waals surface area contributed by atoms with Crippen LogP contribution in [0.3, 0.4) is 0 Å². The number of halogens is 3. The molecule has 0 radical (unpaired) electrons. The molecule has 2 rings (SSSR count). The van der Waals surface area contributed by atoms with E-state index >= 15 is 0 Å². The fourth-order valence-electron chi connectivity index (χ4n) is 1.76. The van der Waals surface area contributed by atoms with E-state index < -0.39 is 18.6 Å². The predicted octanol–water partition coefficient (Wildman–Crippen LogP) is 3.44. The number of nitrogens with two attached hydrogens (primary N) is 1. The minimum absolute atomic E-state index is 0.181. The Morgan fingerprint density at radius 1 is 1.48 bits per heavy atom. The molecule has 2 aromatic heterocycles. The molecule has 0 atom stereocenters. The predicted molar refractivity (Wildman–Crippen MR) is 73.0 cm³/mol. The second-order valence-electron chi connectivity index (χ2n) is 4.48. The van der Waals surface area contributed by atoms with Gasteiger partial charge in [-0.3, -0.25) is 4.79 Å². The minimum atomic E-state index is -4.49. The Labute approximate surface area is 123 Å². The second-order valence-corrected chi connectivity index (χ2v) is 5.73. The number of nitrogen functional groups attached to an aromatic ring is 1.